The van der Waals surface area contributed by atoms with E-state index in [1.54, 1.807) is 31.4 Å². The first-order valence-corrected chi connectivity index (χ1v) is 9.53. The lowest BCUT2D eigenvalue weighted by atomic mass is 10.2. The van der Waals surface area contributed by atoms with Gasteiger partial charge in [0.05, 0.1) is 12.3 Å². The second-order valence-electron chi connectivity index (χ2n) is 5.86. The van der Waals surface area contributed by atoms with Gasteiger partial charge < -0.3 is 9.30 Å². The number of halogens is 1. The van der Waals surface area contributed by atoms with Crippen molar-refractivity contribution in [1.82, 2.24) is 19.1 Å². The maximum absolute atomic E-state index is 12.8. The Morgan fingerprint density at radius 1 is 1.38 bits per heavy atom. The van der Waals surface area contributed by atoms with Gasteiger partial charge in [-0.25, -0.2) is 8.42 Å². The molecule has 130 valence electrons. The molecule has 1 aliphatic rings. The van der Waals surface area contributed by atoms with Crippen molar-refractivity contribution in [3.63, 3.8) is 0 Å². The highest BCUT2D eigenvalue weighted by Gasteiger charge is 2.33. The summed E-state index contributed by atoms with van der Waals surface area (Å²) in [5.74, 6) is 1.27. The van der Waals surface area contributed by atoms with E-state index in [1.807, 2.05) is 11.5 Å². The van der Waals surface area contributed by atoms with E-state index in [1.165, 1.54) is 4.31 Å². The maximum Gasteiger partial charge on any atom is 0.218 e. The van der Waals surface area contributed by atoms with Gasteiger partial charge >= 0.3 is 0 Å². The van der Waals surface area contributed by atoms with E-state index < -0.39 is 10.0 Å². The van der Waals surface area contributed by atoms with Crippen LogP contribution in [0.4, 0.5) is 0 Å². The molecule has 2 aromatic rings. The van der Waals surface area contributed by atoms with Crippen molar-refractivity contribution in [1.29, 1.82) is 0 Å². The topological polar surface area (TPSA) is 77.3 Å². The summed E-state index contributed by atoms with van der Waals surface area (Å²) in [7, 11) is -1.88. The molecule has 7 nitrogen and oxygen atoms in total. The molecule has 0 aliphatic carbocycles. The van der Waals surface area contributed by atoms with Crippen molar-refractivity contribution < 1.29 is 13.2 Å². The fraction of sp³-hybridized carbons (Fsp3) is 0.467. The molecular weight excluding hydrogens is 352 g/mol. The lowest BCUT2D eigenvalue weighted by molar-refractivity contribution is 0.168. The molecule has 0 fully saturated rings. The molecule has 0 saturated carbocycles. The third kappa shape index (κ3) is 3.46. The van der Waals surface area contributed by atoms with Gasteiger partial charge in [-0.3, -0.25) is 0 Å². The zero-order chi connectivity index (χ0) is 17.3. The van der Waals surface area contributed by atoms with Crippen molar-refractivity contribution in [3.05, 3.63) is 46.5 Å². The smallest absolute Gasteiger partial charge is 0.218 e. The van der Waals surface area contributed by atoms with Gasteiger partial charge in [0.1, 0.15) is 12.4 Å². The van der Waals surface area contributed by atoms with Crippen LogP contribution in [0.1, 0.15) is 30.2 Å². The molecule has 1 aromatic heterocycles. The Morgan fingerprint density at radius 2 is 2.17 bits per heavy atom. The van der Waals surface area contributed by atoms with E-state index >= 15 is 0 Å². The Morgan fingerprint density at radius 3 is 2.88 bits per heavy atom. The fourth-order valence-corrected chi connectivity index (χ4v) is 4.70. The van der Waals surface area contributed by atoms with Crippen LogP contribution in [-0.4, -0.2) is 41.1 Å². The van der Waals surface area contributed by atoms with Gasteiger partial charge in [0.25, 0.3) is 0 Å². The van der Waals surface area contributed by atoms with Gasteiger partial charge in [0, 0.05) is 24.7 Å². The molecule has 1 aliphatic heterocycles. The average molecular weight is 371 g/mol. The van der Waals surface area contributed by atoms with Crippen LogP contribution in [0.2, 0.25) is 5.02 Å². The van der Waals surface area contributed by atoms with Crippen LogP contribution in [0.3, 0.4) is 0 Å². The van der Waals surface area contributed by atoms with Gasteiger partial charge in [-0.1, -0.05) is 23.7 Å². The second kappa shape index (κ2) is 6.79. The Kier molecular flexibility index (Phi) is 4.91. The largest absolute Gasteiger partial charge is 0.377 e. The van der Waals surface area contributed by atoms with Gasteiger partial charge in [0.2, 0.25) is 10.0 Å². The average Bonchev–Trinajstić information content (AvgIpc) is 2.91. The first-order valence-electron chi connectivity index (χ1n) is 7.54. The highest BCUT2D eigenvalue weighted by Crippen LogP contribution is 2.25. The van der Waals surface area contributed by atoms with Crippen LogP contribution in [0.25, 0.3) is 0 Å². The molecule has 0 radical (unpaired) electrons. The van der Waals surface area contributed by atoms with E-state index in [0.717, 1.165) is 0 Å². The second-order valence-corrected chi connectivity index (χ2v) is 8.27. The zero-order valence-corrected chi connectivity index (χ0v) is 15.1. The van der Waals surface area contributed by atoms with Crippen LogP contribution < -0.4 is 0 Å². The van der Waals surface area contributed by atoms with Crippen molar-refractivity contribution in [2.75, 3.05) is 13.7 Å². The first kappa shape index (κ1) is 17.3. The molecule has 0 N–H and O–H groups in total. The number of aromatic nitrogens is 3. The molecule has 0 saturated heterocycles. The summed E-state index contributed by atoms with van der Waals surface area (Å²) in [4.78, 5) is 0. The molecule has 1 aromatic carbocycles. The Hall–Kier alpha value is -1.48. The lowest BCUT2D eigenvalue weighted by Crippen LogP contribution is -2.41. The standard InChI is InChI=1S/C15H19ClN4O3S/c1-11-7-19(8-14-17-18-15(9-23-2)20(11)14)24(21,22)10-12-4-3-5-13(16)6-12/h3-6,11H,7-10H2,1-2H3/t11-/m0/s1. The summed E-state index contributed by atoms with van der Waals surface area (Å²) in [6.07, 6.45) is 0. The summed E-state index contributed by atoms with van der Waals surface area (Å²) >= 11 is 5.94. The highest BCUT2D eigenvalue weighted by atomic mass is 35.5. The Balaban J connectivity index is 1.82. The van der Waals surface area contributed by atoms with Crippen molar-refractivity contribution in [2.24, 2.45) is 0 Å². The molecule has 1 atom stereocenters. The molecule has 0 unspecified atom stereocenters. The van der Waals surface area contributed by atoms with Gasteiger partial charge in [-0.2, -0.15) is 4.31 Å². The van der Waals surface area contributed by atoms with Crippen LogP contribution in [-0.2, 0) is 33.7 Å². The minimum atomic E-state index is -3.47. The van der Waals surface area contributed by atoms with Gasteiger partial charge in [-0.05, 0) is 24.6 Å². The number of hydrogen-bond acceptors (Lipinski definition) is 5. The summed E-state index contributed by atoms with van der Waals surface area (Å²) < 4.78 is 34.0. The van der Waals surface area contributed by atoms with Crippen molar-refractivity contribution in [3.8, 4) is 0 Å². The number of methoxy groups -OCH3 is 1. The van der Waals surface area contributed by atoms with Crippen molar-refractivity contribution in [2.45, 2.75) is 31.9 Å². The molecule has 0 amide bonds. The number of fused-ring (bicyclic) bond motifs is 1. The minimum absolute atomic E-state index is 0.0527. The highest BCUT2D eigenvalue weighted by molar-refractivity contribution is 7.88. The van der Waals surface area contributed by atoms with E-state index in [-0.39, 0.29) is 18.3 Å². The predicted molar refractivity (Wildman–Crippen MR) is 89.9 cm³/mol. The van der Waals surface area contributed by atoms with Crippen LogP contribution >= 0.6 is 11.6 Å². The van der Waals surface area contributed by atoms with E-state index in [2.05, 4.69) is 10.2 Å². The first-order chi connectivity index (χ1) is 11.4. The van der Waals surface area contributed by atoms with Gasteiger partial charge in [0.15, 0.2) is 5.82 Å². The third-order valence-electron chi connectivity index (χ3n) is 3.97. The number of rotatable bonds is 5. The minimum Gasteiger partial charge on any atom is -0.377 e. The number of ether oxygens (including phenoxy) is 1. The zero-order valence-electron chi connectivity index (χ0n) is 13.5. The summed E-state index contributed by atoms with van der Waals surface area (Å²) in [6.45, 7) is 2.90. The van der Waals surface area contributed by atoms with Crippen LogP contribution in [0, 0.1) is 0 Å². The molecule has 24 heavy (non-hydrogen) atoms. The lowest BCUT2D eigenvalue weighted by Gasteiger charge is -2.31. The molecule has 0 bridgehead atoms. The maximum atomic E-state index is 12.8. The SMILES string of the molecule is COCc1nnc2n1[C@@H](C)CN(S(=O)(=O)Cc1cccc(Cl)c1)C2. The quantitative estimate of drug-likeness (QED) is 0.804. The number of benzene rings is 1. The fourth-order valence-electron chi connectivity index (χ4n) is 2.94. The van der Waals surface area contributed by atoms with Crippen LogP contribution in [0.5, 0.6) is 0 Å². The number of hydrogen-bond donors (Lipinski definition) is 0. The molecule has 9 heteroatoms. The van der Waals surface area contributed by atoms with Crippen LogP contribution in [0.15, 0.2) is 24.3 Å². The molecule has 3 rings (SSSR count). The molecule has 2 heterocycles. The Bertz CT molecular complexity index is 837. The number of sulfonamides is 1. The van der Waals surface area contributed by atoms with E-state index in [9.17, 15) is 8.42 Å². The van der Waals surface area contributed by atoms with E-state index in [4.69, 9.17) is 16.3 Å². The predicted octanol–water partition coefficient (Wildman–Crippen LogP) is 1.98. The summed E-state index contributed by atoms with van der Waals surface area (Å²) in [5, 5.41) is 8.74. The number of nitrogens with zero attached hydrogens (tertiary/aromatic N) is 4. The van der Waals surface area contributed by atoms with E-state index in [0.29, 0.717) is 35.4 Å². The third-order valence-corrected chi connectivity index (χ3v) is 5.97. The Labute approximate surface area is 146 Å². The van der Waals surface area contributed by atoms with Gasteiger partial charge in [-0.15, -0.1) is 10.2 Å². The summed E-state index contributed by atoms with van der Waals surface area (Å²) in [6, 6.07) is 6.85. The van der Waals surface area contributed by atoms with Crippen molar-refractivity contribution >= 4 is 21.6 Å². The normalized spacial score (nSPS) is 18.5. The molecule has 0 spiro atoms. The summed E-state index contributed by atoms with van der Waals surface area (Å²) in [5.41, 5.74) is 0.669. The monoisotopic (exact) mass is 370 g/mol. The molecular formula is C15H19ClN4O3S.